The van der Waals surface area contributed by atoms with Crippen molar-refractivity contribution >= 4 is 5.97 Å². The molecule has 0 heterocycles. The van der Waals surface area contributed by atoms with E-state index < -0.39 is 17.3 Å². The number of alkyl halides is 2. The van der Waals surface area contributed by atoms with E-state index in [4.69, 9.17) is 9.84 Å². The summed E-state index contributed by atoms with van der Waals surface area (Å²) in [5, 5.41) is 8.84. The second-order valence-corrected chi connectivity index (χ2v) is 5.93. The number of carboxylic acid groups (broad SMARTS) is 1. The van der Waals surface area contributed by atoms with Crippen molar-refractivity contribution in [3.05, 3.63) is 59.7 Å². The molecule has 1 fully saturated rings. The summed E-state index contributed by atoms with van der Waals surface area (Å²) >= 11 is 0. The van der Waals surface area contributed by atoms with Crippen LogP contribution in [-0.4, -0.2) is 17.0 Å². The fraction of sp³-hybridized carbons (Fsp3) is 0.278. The molecule has 1 aliphatic carbocycles. The van der Waals surface area contributed by atoms with E-state index in [1.54, 1.807) is 36.4 Å². The fourth-order valence-corrected chi connectivity index (χ4v) is 2.75. The van der Waals surface area contributed by atoms with Crippen LogP contribution in [0.3, 0.4) is 0 Å². The molecule has 0 saturated heterocycles. The van der Waals surface area contributed by atoms with E-state index in [-0.39, 0.29) is 5.56 Å². The summed E-state index contributed by atoms with van der Waals surface area (Å²) in [6.07, 6.45) is 0.987. The van der Waals surface area contributed by atoms with Gasteiger partial charge in [-0.15, -0.1) is 0 Å². The van der Waals surface area contributed by atoms with Gasteiger partial charge < -0.3 is 9.84 Å². The van der Waals surface area contributed by atoms with Crippen LogP contribution in [0.4, 0.5) is 8.78 Å². The van der Waals surface area contributed by atoms with Crippen molar-refractivity contribution in [3.8, 4) is 11.5 Å². The Kier molecular flexibility index (Phi) is 3.59. The summed E-state index contributed by atoms with van der Waals surface area (Å²) in [6.45, 7) is 0.967. The molecule has 3 rings (SSSR count). The van der Waals surface area contributed by atoms with E-state index in [0.717, 1.165) is 6.92 Å². The average Bonchev–Trinajstić information content (AvgIpc) is 3.30. The fourth-order valence-electron chi connectivity index (χ4n) is 2.75. The predicted octanol–water partition coefficient (Wildman–Crippen LogP) is 4.86. The lowest BCUT2D eigenvalue weighted by Crippen LogP contribution is -2.29. The first-order valence-corrected chi connectivity index (χ1v) is 7.31. The third kappa shape index (κ3) is 2.91. The summed E-state index contributed by atoms with van der Waals surface area (Å²) in [7, 11) is 0. The standard InChI is InChI=1S/C18H16F2O3/c1-17(19,20)18(10-11-18)13-4-8-15(9-5-13)23-14-6-2-12(3-7-14)16(21)22/h2-9H,10-11H2,1H3,(H,21,22). The van der Waals surface area contributed by atoms with Gasteiger partial charge in [0.1, 0.15) is 11.5 Å². The Hall–Kier alpha value is -2.43. The number of halogens is 2. The van der Waals surface area contributed by atoms with Crippen LogP contribution in [0.2, 0.25) is 0 Å². The highest BCUT2D eigenvalue weighted by Gasteiger charge is 2.59. The SMILES string of the molecule is CC(F)(F)C1(c2ccc(Oc3ccc(C(=O)O)cc3)cc2)CC1. The number of rotatable bonds is 5. The number of carboxylic acids is 1. The van der Waals surface area contributed by atoms with Crippen LogP contribution in [-0.2, 0) is 5.41 Å². The molecule has 0 unspecified atom stereocenters. The number of hydrogen-bond donors (Lipinski definition) is 1. The van der Waals surface area contributed by atoms with Gasteiger partial charge in [-0.3, -0.25) is 0 Å². The van der Waals surface area contributed by atoms with Crippen LogP contribution in [0.5, 0.6) is 11.5 Å². The van der Waals surface area contributed by atoms with Crippen LogP contribution >= 0.6 is 0 Å². The van der Waals surface area contributed by atoms with E-state index in [0.29, 0.717) is 29.9 Å². The highest BCUT2D eigenvalue weighted by Crippen LogP contribution is 2.58. The maximum Gasteiger partial charge on any atom is 0.335 e. The molecule has 0 bridgehead atoms. The molecule has 1 N–H and O–H groups in total. The number of hydrogen-bond acceptors (Lipinski definition) is 2. The Morgan fingerprint density at radius 3 is 1.91 bits per heavy atom. The molecule has 3 nitrogen and oxygen atoms in total. The summed E-state index contributed by atoms with van der Waals surface area (Å²) in [6, 6.07) is 12.7. The maximum atomic E-state index is 13.7. The molecule has 0 amide bonds. The molecule has 120 valence electrons. The van der Waals surface area contributed by atoms with Gasteiger partial charge in [-0.1, -0.05) is 12.1 Å². The molecule has 1 aliphatic rings. The van der Waals surface area contributed by atoms with Crippen LogP contribution in [0.1, 0.15) is 35.7 Å². The minimum Gasteiger partial charge on any atom is -0.478 e. The summed E-state index contributed by atoms with van der Waals surface area (Å²) in [4.78, 5) is 10.8. The molecule has 0 atom stereocenters. The van der Waals surface area contributed by atoms with Crippen molar-refractivity contribution < 1.29 is 23.4 Å². The maximum absolute atomic E-state index is 13.7. The van der Waals surface area contributed by atoms with Crippen molar-refractivity contribution in [2.24, 2.45) is 0 Å². The summed E-state index contributed by atoms with van der Waals surface area (Å²) in [5.74, 6) is -2.73. The van der Waals surface area contributed by atoms with Gasteiger partial charge in [-0.05, 0) is 54.8 Å². The zero-order chi connectivity index (χ0) is 16.7. The van der Waals surface area contributed by atoms with Crippen molar-refractivity contribution in [1.29, 1.82) is 0 Å². The van der Waals surface area contributed by atoms with E-state index in [1.807, 2.05) is 0 Å². The molecule has 1 saturated carbocycles. The number of ether oxygens (including phenoxy) is 1. The van der Waals surface area contributed by atoms with Crippen LogP contribution in [0.25, 0.3) is 0 Å². The van der Waals surface area contributed by atoms with Crippen molar-refractivity contribution in [1.82, 2.24) is 0 Å². The highest BCUT2D eigenvalue weighted by atomic mass is 19.3. The number of aromatic carboxylic acids is 1. The van der Waals surface area contributed by atoms with E-state index in [1.165, 1.54) is 12.1 Å². The molecule has 0 radical (unpaired) electrons. The minimum atomic E-state index is -2.73. The minimum absolute atomic E-state index is 0.175. The molecule has 0 spiro atoms. The van der Waals surface area contributed by atoms with E-state index >= 15 is 0 Å². The molecule has 2 aromatic rings. The molecule has 0 aromatic heterocycles. The van der Waals surface area contributed by atoms with Crippen molar-refractivity contribution in [2.75, 3.05) is 0 Å². The highest BCUT2D eigenvalue weighted by molar-refractivity contribution is 5.87. The lowest BCUT2D eigenvalue weighted by Gasteiger charge is -2.23. The smallest absolute Gasteiger partial charge is 0.335 e. The quantitative estimate of drug-likeness (QED) is 0.856. The van der Waals surface area contributed by atoms with Crippen molar-refractivity contribution in [2.45, 2.75) is 31.1 Å². The van der Waals surface area contributed by atoms with E-state index in [9.17, 15) is 13.6 Å². The summed E-state index contributed by atoms with van der Waals surface area (Å²) < 4.78 is 33.0. The second-order valence-electron chi connectivity index (χ2n) is 5.93. The van der Waals surface area contributed by atoms with E-state index in [2.05, 4.69) is 0 Å². The third-order valence-electron chi connectivity index (χ3n) is 4.33. The first-order valence-electron chi connectivity index (χ1n) is 7.31. The topological polar surface area (TPSA) is 46.5 Å². The Morgan fingerprint density at radius 2 is 1.52 bits per heavy atom. The van der Waals surface area contributed by atoms with Gasteiger partial charge in [0.15, 0.2) is 0 Å². The molecular formula is C18H16F2O3. The first-order chi connectivity index (χ1) is 10.8. The predicted molar refractivity (Wildman–Crippen MR) is 81.5 cm³/mol. The van der Waals surface area contributed by atoms with Gasteiger partial charge in [0.05, 0.1) is 11.0 Å². The molecular weight excluding hydrogens is 302 g/mol. The largest absolute Gasteiger partial charge is 0.478 e. The Morgan fingerprint density at radius 1 is 1.04 bits per heavy atom. The zero-order valence-corrected chi connectivity index (χ0v) is 12.6. The number of benzene rings is 2. The zero-order valence-electron chi connectivity index (χ0n) is 12.6. The Balaban J connectivity index is 1.74. The van der Waals surface area contributed by atoms with Crippen LogP contribution < -0.4 is 4.74 Å². The van der Waals surface area contributed by atoms with Gasteiger partial charge in [0.25, 0.3) is 5.92 Å². The molecule has 23 heavy (non-hydrogen) atoms. The van der Waals surface area contributed by atoms with Gasteiger partial charge in [-0.2, -0.15) is 0 Å². The Bertz CT molecular complexity index is 711. The molecule has 0 aliphatic heterocycles. The van der Waals surface area contributed by atoms with Gasteiger partial charge in [0, 0.05) is 6.92 Å². The monoisotopic (exact) mass is 318 g/mol. The van der Waals surface area contributed by atoms with Crippen LogP contribution in [0, 0.1) is 0 Å². The van der Waals surface area contributed by atoms with Crippen molar-refractivity contribution in [3.63, 3.8) is 0 Å². The average molecular weight is 318 g/mol. The number of carbonyl (C=O) groups is 1. The van der Waals surface area contributed by atoms with Gasteiger partial charge in [-0.25, -0.2) is 13.6 Å². The second kappa shape index (κ2) is 5.33. The first kappa shape index (κ1) is 15.5. The molecule has 2 aromatic carbocycles. The van der Waals surface area contributed by atoms with Crippen LogP contribution in [0.15, 0.2) is 48.5 Å². The molecule has 5 heteroatoms. The Labute approximate surface area is 132 Å². The normalized spacial score (nSPS) is 16.0. The lowest BCUT2D eigenvalue weighted by atomic mass is 9.90. The third-order valence-corrected chi connectivity index (χ3v) is 4.33. The lowest BCUT2D eigenvalue weighted by molar-refractivity contribution is -0.0200. The van der Waals surface area contributed by atoms with Gasteiger partial charge in [0.2, 0.25) is 0 Å². The summed E-state index contributed by atoms with van der Waals surface area (Å²) in [5.41, 5.74) is -0.235. The van der Waals surface area contributed by atoms with Gasteiger partial charge >= 0.3 is 5.97 Å².